The highest BCUT2D eigenvalue weighted by Crippen LogP contribution is 2.35. The fraction of sp³-hybridized carbons (Fsp3) is 0.545. The van der Waals surface area contributed by atoms with Crippen LogP contribution < -0.4 is 0 Å². The summed E-state index contributed by atoms with van der Waals surface area (Å²) in [5, 5.41) is 11.0. The Morgan fingerprint density at radius 1 is 1.47 bits per heavy atom. The minimum atomic E-state index is -5.09. The number of amides is 1. The van der Waals surface area contributed by atoms with Crippen molar-refractivity contribution in [3.8, 4) is 0 Å². The van der Waals surface area contributed by atoms with Crippen LogP contribution in [0.4, 0.5) is 13.2 Å². The normalized spacial score (nSPS) is 26.7. The summed E-state index contributed by atoms with van der Waals surface area (Å²) in [5.41, 5.74) is 0.274. The quantitative estimate of drug-likeness (QED) is 0.542. The van der Waals surface area contributed by atoms with Gasteiger partial charge in [0.05, 0.1) is 4.92 Å². The molecule has 1 amide bonds. The van der Waals surface area contributed by atoms with Gasteiger partial charge in [0, 0.05) is 12.1 Å². The molecule has 104 valence electrons. The molecule has 0 spiro atoms. The molecular weight excluding hydrogens is 265 g/mol. The maximum Gasteiger partial charge on any atom is 0.471 e. The van der Waals surface area contributed by atoms with E-state index in [4.69, 9.17) is 0 Å². The zero-order valence-corrected chi connectivity index (χ0v) is 9.76. The number of fused-ring (bicyclic) bond motifs is 1. The van der Waals surface area contributed by atoms with Gasteiger partial charge in [0.1, 0.15) is 0 Å². The zero-order chi connectivity index (χ0) is 14.2. The maximum absolute atomic E-state index is 12.4. The average Bonchev–Trinajstić information content (AvgIpc) is 2.35. The average molecular weight is 276 g/mol. The second kappa shape index (κ2) is 4.67. The lowest BCUT2D eigenvalue weighted by atomic mass is 9.83. The molecule has 19 heavy (non-hydrogen) atoms. The van der Waals surface area contributed by atoms with Gasteiger partial charge >= 0.3 is 18.2 Å². The van der Waals surface area contributed by atoms with Gasteiger partial charge in [-0.15, -0.1) is 0 Å². The van der Waals surface area contributed by atoms with Crippen LogP contribution in [0, 0.1) is 16.0 Å². The number of rotatable bonds is 1. The van der Waals surface area contributed by atoms with Crippen LogP contribution in [0.15, 0.2) is 23.8 Å². The number of allylic oxidation sites excluding steroid dienone is 3. The van der Waals surface area contributed by atoms with Gasteiger partial charge in [-0.05, 0) is 18.8 Å². The molecule has 1 aliphatic heterocycles. The van der Waals surface area contributed by atoms with Crippen LogP contribution in [0.2, 0.25) is 0 Å². The van der Waals surface area contributed by atoms with E-state index >= 15 is 0 Å². The van der Waals surface area contributed by atoms with E-state index in [9.17, 15) is 28.1 Å². The Kier molecular flexibility index (Phi) is 3.34. The number of halogens is 3. The van der Waals surface area contributed by atoms with Gasteiger partial charge in [0.2, 0.25) is 0 Å². The minimum absolute atomic E-state index is 0.155. The van der Waals surface area contributed by atoms with Crippen molar-refractivity contribution in [3.63, 3.8) is 0 Å². The fourth-order valence-corrected chi connectivity index (χ4v) is 2.48. The summed E-state index contributed by atoms with van der Waals surface area (Å²) in [4.78, 5) is 21.8. The zero-order valence-electron chi connectivity index (χ0n) is 9.76. The predicted molar refractivity (Wildman–Crippen MR) is 58.5 cm³/mol. The van der Waals surface area contributed by atoms with Crippen LogP contribution in [0.1, 0.15) is 12.8 Å². The van der Waals surface area contributed by atoms with Gasteiger partial charge in [-0.2, -0.15) is 13.2 Å². The lowest BCUT2D eigenvalue weighted by Crippen LogP contribution is -2.55. The SMILES string of the molecule is O=C(N1CCC2CC=CC=C2C1[N+](=O)[O-])C(F)(F)F. The minimum Gasteiger partial charge on any atom is -0.269 e. The van der Waals surface area contributed by atoms with Crippen molar-refractivity contribution in [1.29, 1.82) is 0 Å². The smallest absolute Gasteiger partial charge is 0.269 e. The summed E-state index contributed by atoms with van der Waals surface area (Å²) < 4.78 is 37.3. The molecule has 0 saturated carbocycles. The summed E-state index contributed by atoms with van der Waals surface area (Å²) in [6, 6.07) is 0. The molecule has 0 radical (unpaired) electrons. The summed E-state index contributed by atoms with van der Waals surface area (Å²) >= 11 is 0. The van der Waals surface area contributed by atoms with Gasteiger partial charge < -0.3 is 0 Å². The monoisotopic (exact) mass is 276 g/mol. The number of carbonyl (C=O) groups excluding carboxylic acids is 1. The third-order valence-electron chi connectivity index (χ3n) is 3.33. The molecular formula is C11H11F3N2O3. The molecule has 8 heteroatoms. The van der Waals surface area contributed by atoms with Crippen molar-refractivity contribution in [2.24, 2.45) is 5.92 Å². The summed E-state index contributed by atoms with van der Waals surface area (Å²) in [7, 11) is 0. The molecule has 1 heterocycles. The molecule has 0 bridgehead atoms. The Bertz CT molecular complexity index is 470. The Morgan fingerprint density at radius 3 is 2.74 bits per heavy atom. The molecule has 0 aromatic carbocycles. The molecule has 2 rings (SSSR count). The van der Waals surface area contributed by atoms with Gasteiger partial charge in [-0.3, -0.25) is 19.8 Å². The standard InChI is InChI=1S/C11H11F3N2O3/c12-11(13,14)10(17)15-6-5-7-3-1-2-4-8(7)9(15)16(18)19/h1-2,4,7,9H,3,5-6H2. The first kappa shape index (κ1) is 13.6. The number of likely N-dealkylation sites (tertiary alicyclic amines) is 1. The van der Waals surface area contributed by atoms with Gasteiger partial charge in [-0.1, -0.05) is 18.2 Å². The summed E-state index contributed by atoms with van der Waals surface area (Å²) in [6.07, 6.45) is -1.11. The van der Waals surface area contributed by atoms with Crippen molar-refractivity contribution >= 4 is 5.91 Å². The van der Waals surface area contributed by atoms with E-state index in [1.165, 1.54) is 6.08 Å². The first-order valence-electron chi connectivity index (χ1n) is 5.70. The van der Waals surface area contributed by atoms with E-state index in [2.05, 4.69) is 0 Å². The number of alkyl halides is 3. The van der Waals surface area contributed by atoms with Gasteiger partial charge in [-0.25, -0.2) is 0 Å². The van der Waals surface area contributed by atoms with Crippen molar-refractivity contribution in [3.05, 3.63) is 33.9 Å². The molecule has 1 aliphatic carbocycles. The van der Waals surface area contributed by atoms with Crippen LogP contribution in [-0.2, 0) is 4.79 Å². The number of nitro groups is 1. The molecule has 0 aromatic heterocycles. The molecule has 5 nitrogen and oxygen atoms in total. The summed E-state index contributed by atoms with van der Waals surface area (Å²) in [5.74, 6) is -2.30. The van der Waals surface area contributed by atoms with Gasteiger partial charge in [0.25, 0.3) is 0 Å². The van der Waals surface area contributed by atoms with E-state index in [1.54, 1.807) is 6.08 Å². The molecule has 1 saturated heterocycles. The lowest BCUT2D eigenvalue weighted by molar-refractivity contribution is -0.539. The molecule has 0 aromatic rings. The largest absolute Gasteiger partial charge is 0.471 e. The topological polar surface area (TPSA) is 63.5 Å². The van der Waals surface area contributed by atoms with E-state index < -0.39 is 23.2 Å². The number of piperidine rings is 1. The highest BCUT2D eigenvalue weighted by Gasteiger charge is 2.51. The number of hydrogen-bond acceptors (Lipinski definition) is 3. The Hall–Kier alpha value is -1.86. The fourth-order valence-electron chi connectivity index (χ4n) is 2.48. The van der Waals surface area contributed by atoms with Crippen molar-refractivity contribution < 1.29 is 22.9 Å². The Balaban J connectivity index is 2.35. The number of carbonyl (C=O) groups is 1. The first-order chi connectivity index (χ1) is 8.82. The second-order valence-corrected chi connectivity index (χ2v) is 4.47. The first-order valence-corrected chi connectivity index (χ1v) is 5.70. The lowest BCUT2D eigenvalue weighted by Gasteiger charge is -2.37. The van der Waals surface area contributed by atoms with Crippen LogP contribution in [-0.4, -0.2) is 34.6 Å². The molecule has 2 atom stereocenters. The van der Waals surface area contributed by atoms with Crippen molar-refractivity contribution in [2.75, 3.05) is 6.54 Å². The number of nitrogens with zero attached hydrogens (tertiary/aromatic N) is 2. The van der Waals surface area contributed by atoms with Gasteiger partial charge in [0.15, 0.2) is 0 Å². The Morgan fingerprint density at radius 2 is 2.16 bits per heavy atom. The molecule has 2 unspecified atom stereocenters. The van der Waals surface area contributed by atoms with E-state index in [0.717, 1.165) is 0 Å². The van der Waals surface area contributed by atoms with Crippen molar-refractivity contribution in [1.82, 2.24) is 4.90 Å². The molecule has 2 aliphatic rings. The predicted octanol–water partition coefficient (Wildman–Crippen LogP) is 1.89. The third-order valence-corrected chi connectivity index (χ3v) is 3.33. The van der Waals surface area contributed by atoms with Crippen LogP contribution >= 0.6 is 0 Å². The van der Waals surface area contributed by atoms with E-state index in [1.807, 2.05) is 6.08 Å². The van der Waals surface area contributed by atoms with Crippen LogP contribution in [0.25, 0.3) is 0 Å². The highest BCUT2D eigenvalue weighted by molar-refractivity contribution is 5.82. The van der Waals surface area contributed by atoms with E-state index in [-0.39, 0.29) is 18.0 Å². The van der Waals surface area contributed by atoms with E-state index in [0.29, 0.717) is 17.7 Å². The van der Waals surface area contributed by atoms with Crippen molar-refractivity contribution in [2.45, 2.75) is 25.2 Å². The molecule has 1 fully saturated rings. The molecule has 0 N–H and O–H groups in total. The Labute approximate surface area is 106 Å². The van der Waals surface area contributed by atoms with Crippen LogP contribution in [0.5, 0.6) is 0 Å². The number of hydrogen-bond donors (Lipinski definition) is 0. The summed E-state index contributed by atoms with van der Waals surface area (Å²) in [6.45, 7) is -0.250. The highest BCUT2D eigenvalue weighted by atomic mass is 19.4. The van der Waals surface area contributed by atoms with Crippen LogP contribution in [0.3, 0.4) is 0 Å². The third kappa shape index (κ3) is 2.47. The second-order valence-electron chi connectivity index (χ2n) is 4.47. The maximum atomic E-state index is 12.4.